The highest BCUT2D eigenvalue weighted by Crippen LogP contribution is 2.33. The Kier molecular flexibility index (Phi) is 5.92. The molecule has 29 heavy (non-hydrogen) atoms. The van der Waals surface area contributed by atoms with Crippen molar-refractivity contribution in [2.24, 2.45) is 0 Å². The minimum Gasteiger partial charge on any atom is -0.283 e. The zero-order valence-corrected chi connectivity index (χ0v) is 18.0. The van der Waals surface area contributed by atoms with E-state index in [2.05, 4.69) is 31.0 Å². The second kappa shape index (κ2) is 8.76. The molecular weight excluding hydrogens is 398 g/mol. The standard InChI is InChI=1S/C23H21N3OS2/c1-16-8-9-20-22(17(16)2)25-23(29-20)26(14-18-10-12-24-13-11-18)21(27)15-28-19-6-4-3-5-7-19/h3-13H,14-15H2,1-2H3. The van der Waals surface area contributed by atoms with Gasteiger partial charge in [-0.1, -0.05) is 35.6 Å². The summed E-state index contributed by atoms with van der Waals surface area (Å²) < 4.78 is 1.10. The Morgan fingerprint density at radius 1 is 1.03 bits per heavy atom. The number of thiazole rings is 1. The molecule has 0 aliphatic heterocycles. The van der Waals surface area contributed by atoms with E-state index in [9.17, 15) is 4.79 Å². The van der Waals surface area contributed by atoms with Gasteiger partial charge in [0.15, 0.2) is 5.13 Å². The molecule has 0 saturated carbocycles. The molecule has 0 bridgehead atoms. The number of amides is 1. The van der Waals surface area contributed by atoms with Crippen LogP contribution in [0.3, 0.4) is 0 Å². The molecule has 0 fully saturated rings. The fourth-order valence-corrected chi connectivity index (χ4v) is 4.84. The van der Waals surface area contributed by atoms with Gasteiger partial charge in [0, 0.05) is 17.3 Å². The molecule has 0 saturated heterocycles. The molecule has 0 unspecified atom stereocenters. The van der Waals surface area contributed by atoms with E-state index in [-0.39, 0.29) is 5.91 Å². The van der Waals surface area contributed by atoms with Crippen molar-refractivity contribution in [1.29, 1.82) is 0 Å². The molecule has 0 atom stereocenters. The largest absolute Gasteiger partial charge is 0.283 e. The number of hydrogen-bond acceptors (Lipinski definition) is 5. The fraction of sp³-hybridized carbons (Fsp3) is 0.174. The number of aromatic nitrogens is 2. The second-order valence-corrected chi connectivity index (χ2v) is 8.85. The van der Waals surface area contributed by atoms with Gasteiger partial charge >= 0.3 is 0 Å². The van der Waals surface area contributed by atoms with Crippen LogP contribution < -0.4 is 4.90 Å². The number of benzene rings is 2. The Morgan fingerprint density at radius 2 is 1.79 bits per heavy atom. The second-order valence-electron chi connectivity index (χ2n) is 6.79. The molecule has 0 aliphatic carbocycles. The van der Waals surface area contributed by atoms with Gasteiger partial charge in [-0.15, -0.1) is 11.8 Å². The van der Waals surface area contributed by atoms with Gasteiger partial charge in [-0.2, -0.15) is 0 Å². The van der Waals surface area contributed by atoms with E-state index in [1.165, 1.54) is 11.1 Å². The number of hydrogen-bond donors (Lipinski definition) is 0. The van der Waals surface area contributed by atoms with Crippen LogP contribution in [-0.2, 0) is 11.3 Å². The molecule has 6 heteroatoms. The maximum Gasteiger partial charge on any atom is 0.239 e. The zero-order valence-electron chi connectivity index (χ0n) is 16.3. The lowest BCUT2D eigenvalue weighted by Gasteiger charge is -2.20. The number of pyridine rings is 1. The lowest BCUT2D eigenvalue weighted by atomic mass is 10.1. The van der Waals surface area contributed by atoms with E-state index in [1.54, 1.807) is 40.4 Å². The number of thioether (sulfide) groups is 1. The van der Waals surface area contributed by atoms with Crippen molar-refractivity contribution >= 4 is 44.4 Å². The van der Waals surface area contributed by atoms with E-state index < -0.39 is 0 Å². The third kappa shape index (κ3) is 4.49. The van der Waals surface area contributed by atoms with Crippen molar-refractivity contribution in [3.8, 4) is 0 Å². The first-order chi connectivity index (χ1) is 14.1. The van der Waals surface area contributed by atoms with Crippen LogP contribution in [0.15, 0.2) is 71.9 Å². The van der Waals surface area contributed by atoms with Gasteiger partial charge in [-0.25, -0.2) is 4.98 Å². The van der Waals surface area contributed by atoms with Crippen molar-refractivity contribution in [2.75, 3.05) is 10.7 Å². The average Bonchev–Trinajstić information content (AvgIpc) is 3.19. The van der Waals surface area contributed by atoms with Crippen LogP contribution in [0.5, 0.6) is 0 Å². The lowest BCUT2D eigenvalue weighted by Crippen LogP contribution is -2.31. The van der Waals surface area contributed by atoms with E-state index >= 15 is 0 Å². The average molecular weight is 420 g/mol. The zero-order chi connectivity index (χ0) is 20.2. The molecule has 0 radical (unpaired) electrons. The molecule has 0 N–H and O–H groups in total. The maximum absolute atomic E-state index is 13.2. The van der Waals surface area contributed by atoms with Gasteiger partial charge in [0.2, 0.25) is 5.91 Å². The topological polar surface area (TPSA) is 46.1 Å². The van der Waals surface area contributed by atoms with Crippen LogP contribution in [-0.4, -0.2) is 21.6 Å². The normalized spacial score (nSPS) is 11.0. The number of fused-ring (bicyclic) bond motifs is 1. The highest BCUT2D eigenvalue weighted by Gasteiger charge is 2.21. The number of carbonyl (C=O) groups is 1. The Hall–Kier alpha value is -2.70. The monoisotopic (exact) mass is 419 g/mol. The predicted octanol–water partition coefficient (Wildman–Crippen LogP) is 5.63. The first-order valence-corrected chi connectivity index (χ1v) is 11.2. The first kappa shape index (κ1) is 19.6. The highest BCUT2D eigenvalue weighted by molar-refractivity contribution is 8.00. The molecule has 4 aromatic rings. The number of aryl methyl sites for hydroxylation is 2. The Labute approximate surface area is 178 Å². The number of nitrogens with zero attached hydrogens (tertiary/aromatic N) is 3. The third-order valence-electron chi connectivity index (χ3n) is 4.80. The van der Waals surface area contributed by atoms with Crippen LogP contribution in [0, 0.1) is 13.8 Å². The maximum atomic E-state index is 13.2. The van der Waals surface area contributed by atoms with E-state index in [4.69, 9.17) is 4.98 Å². The van der Waals surface area contributed by atoms with Crippen LogP contribution in [0.4, 0.5) is 5.13 Å². The van der Waals surface area contributed by atoms with Gasteiger partial charge in [-0.05, 0) is 60.9 Å². The van der Waals surface area contributed by atoms with Gasteiger partial charge in [0.1, 0.15) is 0 Å². The molecular formula is C23H21N3OS2. The Balaban J connectivity index is 1.64. The van der Waals surface area contributed by atoms with E-state index in [0.717, 1.165) is 25.8 Å². The van der Waals surface area contributed by atoms with Crippen LogP contribution in [0.1, 0.15) is 16.7 Å². The van der Waals surface area contributed by atoms with Gasteiger partial charge in [0.25, 0.3) is 0 Å². The summed E-state index contributed by atoms with van der Waals surface area (Å²) in [5.41, 5.74) is 4.39. The van der Waals surface area contributed by atoms with Gasteiger partial charge in [0.05, 0.1) is 22.5 Å². The molecule has 2 aromatic carbocycles. The number of carbonyl (C=O) groups excluding carboxylic acids is 1. The Bertz CT molecular complexity index is 1130. The van der Waals surface area contributed by atoms with Gasteiger partial charge in [-0.3, -0.25) is 14.7 Å². The summed E-state index contributed by atoms with van der Waals surface area (Å²) in [6.07, 6.45) is 3.51. The molecule has 146 valence electrons. The summed E-state index contributed by atoms with van der Waals surface area (Å²) in [4.78, 5) is 25.0. The van der Waals surface area contributed by atoms with Crippen LogP contribution in [0.2, 0.25) is 0 Å². The summed E-state index contributed by atoms with van der Waals surface area (Å²) >= 11 is 3.11. The molecule has 4 rings (SSSR count). The smallest absolute Gasteiger partial charge is 0.239 e. The summed E-state index contributed by atoms with van der Waals surface area (Å²) in [6, 6.07) is 18.1. The van der Waals surface area contributed by atoms with E-state index in [1.807, 2.05) is 42.5 Å². The molecule has 2 heterocycles. The SMILES string of the molecule is Cc1ccc2sc(N(Cc3ccncc3)C(=O)CSc3ccccc3)nc2c1C. The minimum absolute atomic E-state index is 0.0455. The van der Waals surface area contributed by atoms with Crippen molar-refractivity contribution in [1.82, 2.24) is 9.97 Å². The fourth-order valence-electron chi connectivity index (χ4n) is 3.00. The molecule has 0 aliphatic rings. The quantitative estimate of drug-likeness (QED) is 0.380. The summed E-state index contributed by atoms with van der Waals surface area (Å²) in [7, 11) is 0. The van der Waals surface area contributed by atoms with Crippen molar-refractivity contribution in [2.45, 2.75) is 25.3 Å². The molecule has 2 aromatic heterocycles. The van der Waals surface area contributed by atoms with Crippen molar-refractivity contribution in [3.05, 3.63) is 83.7 Å². The third-order valence-corrected chi connectivity index (χ3v) is 6.84. The number of anilines is 1. The Morgan fingerprint density at radius 3 is 2.55 bits per heavy atom. The molecule has 0 spiro atoms. The molecule has 1 amide bonds. The predicted molar refractivity (Wildman–Crippen MR) is 122 cm³/mol. The number of rotatable bonds is 6. The molecule has 4 nitrogen and oxygen atoms in total. The summed E-state index contributed by atoms with van der Waals surface area (Å²) in [5, 5.41) is 0.740. The minimum atomic E-state index is 0.0455. The highest BCUT2D eigenvalue weighted by atomic mass is 32.2. The summed E-state index contributed by atoms with van der Waals surface area (Å²) in [5.74, 6) is 0.410. The van der Waals surface area contributed by atoms with E-state index in [0.29, 0.717) is 12.3 Å². The van der Waals surface area contributed by atoms with Crippen molar-refractivity contribution < 1.29 is 4.79 Å². The van der Waals surface area contributed by atoms with Crippen LogP contribution >= 0.6 is 23.1 Å². The lowest BCUT2D eigenvalue weighted by molar-refractivity contribution is -0.116. The van der Waals surface area contributed by atoms with Gasteiger partial charge < -0.3 is 0 Å². The van der Waals surface area contributed by atoms with Crippen molar-refractivity contribution in [3.63, 3.8) is 0 Å². The summed E-state index contributed by atoms with van der Waals surface area (Å²) in [6.45, 7) is 4.65. The van der Waals surface area contributed by atoms with Crippen LogP contribution in [0.25, 0.3) is 10.2 Å². The first-order valence-electron chi connectivity index (χ1n) is 9.35.